The van der Waals surface area contributed by atoms with Gasteiger partial charge in [-0.1, -0.05) is 23.0 Å². The van der Waals surface area contributed by atoms with E-state index in [0.29, 0.717) is 16.3 Å². The van der Waals surface area contributed by atoms with Crippen molar-refractivity contribution in [3.63, 3.8) is 0 Å². The van der Waals surface area contributed by atoms with Crippen LogP contribution in [0.1, 0.15) is 19.5 Å². The summed E-state index contributed by atoms with van der Waals surface area (Å²) in [6, 6.07) is 0.555. The van der Waals surface area contributed by atoms with Gasteiger partial charge in [0.15, 0.2) is 0 Å². The highest BCUT2D eigenvalue weighted by Gasteiger charge is 2.35. The van der Waals surface area contributed by atoms with Crippen molar-refractivity contribution >= 4 is 29.0 Å². The van der Waals surface area contributed by atoms with Crippen molar-refractivity contribution in [2.75, 3.05) is 39.3 Å². The lowest BCUT2D eigenvalue weighted by molar-refractivity contribution is -0.130. The smallest absolute Gasteiger partial charge is 0.219 e. The minimum atomic E-state index is 0.187. The molecular formula is C14H22ClN5OS. The van der Waals surface area contributed by atoms with E-state index < -0.39 is 0 Å². The van der Waals surface area contributed by atoms with Gasteiger partial charge in [0.25, 0.3) is 0 Å². The van der Waals surface area contributed by atoms with Gasteiger partial charge in [-0.05, 0) is 5.92 Å². The molecule has 8 heteroatoms. The summed E-state index contributed by atoms with van der Waals surface area (Å²) in [6.07, 6.45) is 0. The molecule has 0 unspecified atom stereocenters. The summed E-state index contributed by atoms with van der Waals surface area (Å²) < 4.78 is 4.60. The second-order valence-corrected chi connectivity index (χ2v) is 7.63. The fourth-order valence-corrected chi connectivity index (χ4v) is 4.14. The Hall–Kier alpha value is -0.760. The minimum absolute atomic E-state index is 0.187. The van der Waals surface area contributed by atoms with Gasteiger partial charge in [-0.15, -0.1) is 5.10 Å². The number of hydrogen-bond donors (Lipinski definition) is 0. The van der Waals surface area contributed by atoms with Gasteiger partial charge >= 0.3 is 0 Å². The molecule has 0 saturated carbocycles. The number of hydrogen-bond acceptors (Lipinski definition) is 6. The third-order valence-electron chi connectivity index (χ3n) is 4.76. The van der Waals surface area contributed by atoms with Crippen molar-refractivity contribution in [3.05, 3.63) is 10.0 Å². The number of carbonyl (C=O) groups excluding carboxylic acids is 1. The third kappa shape index (κ3) is 3.42. The number of aromatic nitrogens is 2. The molecule has 0 spiro atoms. The number of carbonyl (C=O) groups is 1. The van der Waals surface area contributed by atoms with Crippen molar-refractivity contribution in [2.45, 2.75) is 26.4 Å². The number of piperazine rings is 1. The topological polar surface area (TPSA) is 52.6 Å². The van der Waals surface area contributed by atoms with Crippen molar-refractivity contribution in [2.24, 2.45) is 5.92 Å². The molecule has 0 bridgehead atoms. The third-order valence-corrected chi connectivity index (χ3v) is 5.74. The zero-order chi connectivity index (χ0) is 15.7. The first-order valence-electron chi connectivity index (χ1n) is 7.73. The van der Waals surface area contributed by atoms with Crippen LogP contribution in [0.15, 0.2) is 0 Å². The zero-order valence-electron chi connectivity index (χ0n) is 13.0. The van der Waals surface area contributed by atoms with Crippen molar-refractivity contribution < 1.29 is 4.79 Å². The highest BCUT2D eigenvalue weighted by molar-refractivity contribution is 7.10. The van der Waals surface area contributed by atoms with E-state index in [1.807, 2.05) is 4.90 Å². The van der Waals surface area contributed by atoms with E-state index in [9.17, 15) is 4.79 Å². The second kappa shape index (κ2) is 6.78. The molecule has 3 heterocycles. The fourth-order valence-electron chi connectivity index (χ4n) is 3.52. The van der Waals surface area contributed by atoms with Gasteiger partial charge in [0.2, 0.25) is 5.91 Å². The average Bonchev–Trinajstić information content (AvgIpc) is 3.06. The lowest BCUT2D eigenvalue weighted by atomic mass is 10.0. The van der Waals surface area contributed by atoms with E-state index >= 15 is 0 Å². The van der Waals surface area contributed by atoms with Gasteiger partial charge in [0.1, 0.15) is 10.0 Å². The first kappa shape index (κ1) is 16.1. The molecule has 2 fully saturated rings. The van der Waals surface area contributed by atoms with Crippen LogP contribution in [0.5, 0.6) is 0 Å². The summed E-state index contributed by atoms with van der Waals surface area (Å²) in [5.74, 6) is 0.806. The lowest BCUT2D eigenvalue weighted by Gasteiger charge is -2.39. The number of rotatable bonds is 3. The van der Waals surface area contributed by atoms with Crippen LogP contribution in [0.25, 0.3) is 0 Å². The highest BCUT2D eigenvalue weighted by atomic mass is 35.5. The number of amides is 1. The van der Waals surface area contributed by atoms with Crippen LogP contribution in [0, 0.1) is 5.92 Å². The molecule has 22 heavy (non-hydrogen) atoms. The molecule has 2 aliphatic heterocycles. The summed E-state index contributed by atoms with van der Waals surface area (Å²) >= 11 is 7.35. The summed E-state index contributed by atoms with van der Waals surface area (Å²) in [6.45, 7) is 10.5. The van der Waals surface area contributed by atoms with Gasteiger partial charge in [-0.25, -0.2) is 0 Å². The van der Waals surface area contributed by atoms with Gasteiger partial charge in [0, 0.05) is 70.3 Å². The maximum Gasteiger partial charge on any atom is 0.219 e. The van der Waals surface area contributed by atoms with Gasteiger partial charge in [-0.2, -0.15) is 0 Å². The molecule has 1 aromatic rings. The van der Waals surface area contributed by atoms with E-state index in [2.05, 4.69) is 26.3 Å². The Bertz CT molecular complexity index is 531. The Morgan fingerprint density at radius 1 is 1.32 bits per heavy atom. The molecular weight excluding hydrogens is 322 g/mol. The fraction of sp³-hybridized carbons (Fsp3) is 0.786. The van der Waals surface area contributed by atoms with E-state index in [1.54, 1.807) is 6.92 Å². The SMILES string of the molecule is CC(=O)N1CCN([C@@H]2CN(Cc3nnsc3Cl)C[C@@H]2C)CC1. The Kier molecular flexibility index (Phi) is 4.97. The van der Waals surface area contributed by atoms with Crippen LogP contribution in [0.3, 0.4) is 0 Å². The molecule has 0 N–H and O–H groups in total. The van der Waals surface area contributed by atoms with Gasteiger partial charge < -0.3 is 4.90 Å². The molecule has 1 aromatic heterocycles. The maximum absolute atomic E-state index is 11.4. The van der Waals surface area contributed by atoms with Crippen LogP contribution in [-0.2, 0) is 11.3 Å². The minimum Gasteiger partial charge on any atom is -0.340 e. The molecule has 3 rings (SSSR count). The highest BCUT2D eigenvalue weighted by Crippen LogP contribution is 2.26. The zero-order valence-corrected chi connectivity index (χ0v) is 14.6. The molecule has 2 atom stereocenters. The number of halogens is 1. The van der Waals surface area contributed by atoms with Crippen molar-refractivity contribution in [3.8, 4) is 0 Å². The van der Waals surface area contributed by atoms with E-state index in [-0.39, 0.29) is 5.91 Å². The largest absolute Gasteiger partial charge is 0.340 e. The quantitative estimate of drug-likeness (QED) is 0.824. The van der Waals surface area contributed by atoms with Crippen LogP contribution in [0.4, 0.5) is 0 Å². The average molecular weight is 344 g/mol. The summed E-state index contributed by atoms with van der Waals surface area (Å²) in [4.78, 5) is 18.3. The van der Waals surface area contributed by atoms with E-state index in [4.69, 9.17) is 11.6 Å². The molecule has 0 aromatic carbocycles. The van der Waals surface area contributed by atoms with Gasteiger partial charge in [0.05, 0.1) is 0 Å². The Balaban J connectivity index is 1.55. The summed E-state index contributed by atoms with van der Waals surface area (Å²) in [7, 11) is 0. The van der Waals surface area contributed by atoms with Crippen molar-refractivity contribution in [1.82, 2.24) is 24.3 Å². The molecule has 1 amide bonds. The lowest BCUT2D eigenvalue weighted by Crippen LogP contribution is -2.53. The second-order valence-electron chi connectivity index (χ2n) is 6.27. The van der Waals surface area contributed by atoms with Crippen LogP contribution < -0.4 is 0 Å². The Labute approximate surface area is 140 Å². The molecule has 2 saturated heterocycles. The standard InChI is InChI=1S/C14H22ClN5OS/c1-10-7-18(8-12-14(15)22-17-16-12)9-13(10)20-5-3-19(4-6-20)11(2)21/h10,13H,3-9H2,1-2H3/t10-,13+/m0/s1. The first-order chi connectivity index (χ1) is 10.5. The normalized spacial score (nSPS) is 27.5. The van der Waals surface area contributed by atoms with Gasteiger partial charge in [-0.3, -0.25) is 14.6 Å². The molecule has 6 nitrogen and oxygen atoms in total. The molecule has 0 radical (unpaired) electrons. The predicted molar refractivity (Wildman–Crippen MR) is 87.0 cm³/mol. The van der Waals surface area contributed by atoms with E-state index in [0.717, 1.165) is 51.5 Å². The van der Waals surface area contributed by atoms with Crippen LogP contribution in [-0.4, -0.2) is 75.5 Å². The summed E-state index contributed by atoms with van der Waals surface area (Å²) in [5, 5.41) is 4.11. The number of nitrogens with zero attached hydrogens (tertiary/aromatic N) is 5. The molecule has 122 valence electrons. The Morgan fingerprint density at radius 3 is 2.64 bits per heavy atom. The number of likely N-dealkylation sites (tertiary alicyclic amines) is 1. The maximum atomic E-state index is 11.4. The van der Waals surface area contributed by atoms with Crippen LogP contribution in [0.2, 0.25) is 4.34 Å². The summed E-state index contributed by atoms with van der Waals surface area (Å²) in [5.41, 5.74) is 0.890. The van der Waals surface area contributed by atoms with Crippen LogP contribution >= 0.6 is 23.1 Å². The molecule has 2 aliphatic rings. The predicted octanol–water partition coefficient (Wildman–Crippen LogP) is 1.18. The van der Waals surface area contributed by atoms with Crippen molar-refractivity contribution in [1.29, 1.82) is 0 Å². The van der Waals surface area contributed by atoms with E-state index in [1.165, 1.54) is 11.5 Å². The monoisotopic (exact) mass is 343 g/mol. The first-order valence-corrected chi connectivity index (χ1v) is 8.88. The Morgan fingerprint density at radius 2 is 2.05 bits per heavy atom. The molecule has 0 aliphatic carbocycles.